The molecule has 2 aliphatic heterocycles. The number of rotatable bonds is 3. The van der Waals surface area contributed by atoms with Gasteiger partial charge in [-0.1, -0.05) is 0 Å². The van der Waals surface area contributed by atoms with E-state index in [9.17, 15) is 4.39 Å². The Labute approximate surface area is 180 Å². The van der Waals surface area contributed by atoms with Gasteiger partial charge in [-0.05, 0) is 26.0 Å². The molecule has 2 aromatic rings. The van der Waals surface area contributed by atoms with E-state index in [0.29, 0.717) is 0 Å². The van der Waals surface area contributed by atoms with Crippen molar-refractivity contribution in [3.63, 3.8) is 0 Å². The summed E-state index contributed by atoms with van der Waals surface area (Å²) in [6, 6.07) is 5.15. The average molecular weight is 496 g/mol. The monoisotopic (exact) mass is 496 g/mol. The van der Waals surface area contributed by atoms with Crippen LogP contribution in [0.1, 0.15) is 31.7 Å². The molecule has 0 aliphatic carbocycles. The molecule has 2 aliphatic rings. The maximum atomic E-state index is 14.2. The number of hydrogen-bond acceptors (Lipinski definition) is 3. The lowest BCUT2D eigenvalue weighted by Crippen LogP contribution is -3.00. The summed E-state index contributed by atoms with van der Waals surface area (Å²) < 4.78 is 18.5. The van der Waals surface area contributed by atoms with Crippen LogP contribution in [0.15, 0.2) is 29.3 Å². The second kappa shape index (κ2) is 8.23. The number of aryl methyl sites for hydroxylation is 2. The van der Waals surface area contributed by atoms with Crippen LogP contribution in [0.25, 0.3) is 16.6 Å². The van der Waals surface area contributed by atoms with E-state index in [0.717, 1.165) is 55.2 Å². The minimum atomic E-state index is -0.444. The van der Waals surface area contributed by atoms with Crippen molar-refractivity contribution in [1.82, 2.24) is 9.47 Å². The van der Waals surface area contributed by atoms with Gasteiger partial charge in [-0.2, -0.15) is 5.26 Å². The van der Waals surface area contributed by atoms with Crippen molar-refractivity contribution < 1.29 is 32.9 Å². The van der Waals surface area contributed by atoms with Gasteiger partial charge in [0.15, 0.2) is 11.0 Å². The normalized spacial score (nSPS) is 19.0. The van der Waals surface area contributed by atoms with Crippen LogP contribution in [0.2, 0.25) is 0 Å². The van der Waals surface area contributed by atoms with E-state index in [1.807, 2.05) is 17.8 Å². The molecule has 1 saturated heterocycles. The largest absolute Gasteiger partial charge is 1.00 e. The molecule has 142 valence electrons. The van der Waals surface area contributed by atoms with Crippen molar-refractivity contribution >= 4 is 28.4 Å². The summed E-state index contributed by atoms with van der Waals surface area (Å²) in [5.74, 6) is 1.84. The summed E-state index contributed by atoms with van der Waals surface area (Å²) in [6.45, 7) is 8.06. The van der Waals surface area contributed by atoms with Crippen LogP contribution >= 0.6 is 11.8 Å². The van der Waals surface area contributed by atoms with Crippen molar-refractivity contribution in [3.05, 3.63) is 46.5 Å². The van der Waals surface area contributed by atoms with Gasteiger partial charge in [-0.3, -0.25) is 0 Å². The highest BCUT2D eigenvalue weighted by Gasteiger charge is 2.33. The van der Waals surface area contributed by atoms with Gasteiger partial charge < -0.3 is 28.9 Å². The number of fused-ring (bicyclic) bond motifs is 3. The number of allylic oxidation sites excluding steroid dienone is 3. The molecule has 0 saturated carbocycles. The number of aromatic nitrogens is 2. The van der Waals surface area contributed by atoms with E-state index < -0.39 is 5.82 Å². The summed E-state index contributed by atoms with van der Waals surface area (Å²) in [4.78, 5) is 2.40. The first-order chi connectivity index (χ1) is 12.7. The van der Waals surface area contributed by atoms with E-state index in [4.69, 9.17) is 5.26 Å². The number of imidazole rings is 1. The van der Waals surface area contributed by atoms with Crippen LogP contribution in [-0.2, 0) is 13.1 Å². The second-order valence-electron chi connectivity index (χ2n) is 6.53. The molecule has 0 bridgehead atoms. The molecule has 27 heavy (non-hydrogen) atoms. The molecule has 0 unspecified atom stereocenters. The molecule has 1 fully saturated rings. The fourth-order valence-electron chi connectivity index (χ4n) is 3.94. The van der Waals surface area contributed by atoms with Gasteiger partial charge >= 0.3 is 0 Å². The molecular formula is C20H22FIN4S. The SMILES string of the molecule is CCN1CCSC1=CC=C1CC[n+]2c1n(CC)c1cc(F)c(C#N)cc12.[I-]. The minimum absolute atomic E-state index is 0. The molecule has 3 heterocycles. The van der Waals surface area contributed by atoms with Gasteiger partial charge in [0.05, 0.1) is 23.7 Å². The lowest BCUT2D eigenvalue weighted by Gasteiger charge is -2.15. The zero-order valence-corrected chi connectivity index (χ0v) is 18.5. The van der Waals surface area contributed by atoms with Crippen LogP contribution in [0.3, 0.4) is 0 Å². The molecule has 0 amide bonds. The number of nitrogens with zero attached hydrogens (tertiary/aromatic N) is 4. The summed E-state index contributed by atoms with van der Waals surface area (Å²) in [6.07, 6.45) is 5.41. The Balaban J connectivity index is 0.00000210. The van der Waals surface area contributed by atoms with Gasteiger partial charge in [-0.15, -0.1) is 11.8 Å². The van der Waals surface area contributed by atoms with E-state index >= 15 is 0 Å². The van der Waals surface area contributed by atoms with Gasteiger partial charge in [0.2, 0.25) is 0 Å². The molecule has 1 aromatic heterocycles. The quantitative estimate of drug-likeness (QED) is 0.463. The third kappa shape index (κ3) is 3.38. The van der Waals surface area contributed by atoms with Crippen LogP contribution in [-0.4, -0.2) is 28.3 Å². The van der Waals surface area contributed by atoms with Crippen LogP contribution in [0.4, 0.5) is 4.39 Å². The predicted octanol–water partition coefficient (Wildman–Crippen LogP) is 0.661. The Morgan fingerprint density at radius 1 is 1.30 bits per heavy atom. The fourth-order valence-corrected chi connectivity index (χ4v) is 5.03. The lowest BCUT2D eigenvalue weighted by molar-refractivity contribution is -0.664. The Kier molecular flexibility index (Phi) is 6.16. The molecule has 7 heteroatoms. The fraction of sp³-hybridized carbons (Fsp3) is 0.400. The number of benzene rings is 1. The van der Waals surface area contributed by atoms with Gasteiger partial charge in [0, 0.05) is 43.0 Å². The van der Waals surface area contributed by atoms with Crippen LogP contribution in [0.5, 0.6) is 0 Å². The first-order valence-electron chi connectivity index (χ1n) is 9.12. The zero-order chi connectivity index (χ0) is 18.3. The van der Waals surface area contributed by atoms with Crippen molar-refractivity contribution in [2.24, 2.45) is 0 Å². The average Bonchev–Trinajstić information content (AvgIpc) is 3.33. The predicted molar refractivity (Wildman–Crippen MR) is 103 cm³/mol. The second-order valence-corrected chi connectivity index (χ2v) is 7.64. The van der Waals surface area contributed by atoms with E-state index in [-0.39, 0.29) is 29.5 Å². The summed E-state index contributed by atoms with van der Waals surface area (Å²) >= 11 is 1.90. The smallest absolute Gasteiger partial charge is 0.285 e. The maximum absolute atomic E-state index is 14.2. The lowest BCUT2D eigenvalue weighted by atomic mass is 10.2. The molecule has 0 spiro atoms. The maximum Gasteiger partial charge on any atom is 0.285 e. The molecule has 4 rings (SSSR count). The van der Waals surface area contributed by atoms with Crippen molar-refractivity contribution in [3.8, 4) is 6.07 Å². The summed E-state index contributed by atoms with van der Waals surface area (Å²) in [5, 5.41) is 10.5. The molecule has 0 N–H and O–H groups in total. The van der Waals surface area contributed by atoms with E-state index in [1.165, 1.54) is 16.7 Å². The molecule has 1 aromatic carbocycles. The molecular weight excluding hydrogens is 474 g/mol. The summed E-state index contributed by atoms with van der Waals surface area (Å²) in [7, 11) is 0. The number of halogens is 2. The third-order valence-electron chi connectivity index (χ3n) is 5.22. The Bertz CT molecular complexity index is 986. The summed E-state index contributed by atoms with van der Waals surface area (Å²) in [5.41, 5.74) is 3.20. The van der Waals surface area contributed by atoms with E-state index in [2.05, 4.69) is 40.0 Å². The van der Waals surface area contributed by atoms with Crippen molar-refractivity contribution in [2.75, 3.05) is 18.8 Å². The van der Waals surface area contributed by atoms with Crippen LogP contribution in [0, 0.1) is 17.1 Å². The highest BCUT2D eigenvalue weighted by Crippen LogP contribution is 2.31. The topological polar surface area (TPSA) is 35.8 Å². The zero-order valence-electron chi connectivity index (χ0n) is 15.5. The highest BCUT2D eigenvalue weighted by molar-refractivity contribution is 8.03. The number of thioether (sulfide) groups is 1. The van der Waals surface area contributed by atoms with Crippen molar-refractivity contribution in [1.29, 1.82) is 5.26 Å². The molecule has 4 nitrogen and oxygen atoms in total. The molecule has 0 radical (unpaired) electrons. The Morgan fingerprint density at radius 3 is 2.81 bits per heavy atom. The van der Waals surface area contributed by atoms with E-state index in [1.54, 1.807) is 6.07 Å². The Hall–Kier alpha value is -1.53. The number of nitriles is 1. The third-order valence-corrected chi connectivity index (χ3v) is 6.29. The molecule has 0 atom stereocenters. The number of hydrogen-bond donors (Lipinski definition) is 0. The first-order valence-corrected chi connectivity index (χ1v) is 10.1. The van der Waals surface area contributed by atoms with Crippen LogP contribution < -0.4 is 28.5 Å². The Morgan fingerprint density at radius 2 is 2.11 bits per heavy atom. The minimum Gasteiger partial charge on any atom is -1.00 e. The highest BCUT2D eigenvalue weighted by atomic mass is 127. The van der Waals surface area contributed by atoms with Gasteiger partial charge in [-0.25, -0.2) is 13.5 Å². The van der Waals surface area contributed by atoms with Crippen molar-refractivity contribution in [2.45, 2.75) is 33.4 Å². The van der Waals surface area contributed by atoms with Gasteiger partial charge in [0.25, 0.3) is 5.82 Å². The van der Waals surface area contributed by atoms with Gasteiger partial charge in [0.1, 0.15) is 11.9 Å². The standard InChI is InChI=1S/C20H22FN4S.HI/c1-3-23-9-10-26-19(23)6-5-14-7-8-25-17-11-15(13-22)16(21)12-18(17)24(4-2)20(14)25;/h5-6,11-12H,3-4,7-10H2,1-2H3;1H/q+1;/p-1. The first kappa shape index (κ1) is 20.2.